The van der Waals surface area contributed by atoms with Gasteiger partial charge in [-0.3, -0.25) is 4.79 Å². The van der Waals surface area contributed by atoms with Crippen molar-refractivity contribution in [3.05, 3.63) is 29.6 Å². The summed E-state index contributed by atoms with van der Waals surface area (Å²) in [5.41, 5.74) is 0.375. The van der Waals surface area contributed by atoms with Crippen molar-refractivity contribution in [1.82, 2.24) is 5.32 Å². The van der Waals surface area contributed by atoms with Crippen LogP contribution in [0.15, 0.2) is 18.2 Å². The van der Waals surface area contributed by atoms with Crippen molar-refractivity contribution in [3.63, 3.8) is 0 Å². The van der Waals surface area contributed by atoms with Crippen molar-refractivity contribution < 1.29 is 13.9 Å². The maximum absolute atomic E-state index is 13.6. The molecule has 0 aromatic heterocycles. The van der Waals surface area contributed by atoms with Gasteiger partial charge in [0.05, 0.1) is 12.7 Å². The van der Waals surface area contributed by atoms with E-state index in [0.717, 1.165) is 6.42 Å². The lowest BCUT2D eigenvalue weighted by atomic mass is 10.1. The van der Waals surface area contributed by atoms with Gasteiger partial charge in [0.2, 0.25) is 0 Å². The zero-order valence-electron chi connectivity index (χ0n) is 10.9. The first-order valence-electron chi connectivity index (χ1n) is 6.06. The molecule has 18 heavy (non-hydrogen) atoms. The van der Waals surface area contributed by atoms with Crippen molar-refractivity contribution in [2.75, 3.05) is 13.7 Å². The van der Waals surface area contributed by atoms with Gasteiger partial charge in [-0.2, -0.15) is 0 Å². The number of rotatable bonds is 4. The van der Waals surface area contributed by atoms with Crippen LogP contribution in [0.25, 0.3) is 0 Å². The van der Waals surface area contributed by atoms with E-state index in [1.165, 1.54) is 19.2 Å². The van der Waals surface area contributed by atoms with Crippen LogP contribution in [-0.4, -0.2) is 19.6 Å². The van der Waals surface area contributed by atoms with Crippen LogP contribution in [0.3, 0.4) is 0 Å². The molecule has 1 unspecified atom stereocenters. The number of halogens is 1. The summed E-state index contributed by atoms with van der Waals surface area (Å²) in [5.74, 6) is -0.00473. The summed E-state index contributed by atoms with van der Waals surface area (Å²) in [6, 6.07) is 4.25. The van der Waals surface area contributed by atoms with Crippen LogP contribution in [0.2, 0.25) is 0 Å². The Morgan fingerprint density at radius 1 is 1.56 bits per heavy atom. The summed E-state index contributed by atoms with van der Waals surface area (Å²) in [5, 5.41) is 2.78. The average molecular weight is 251 g/mol. The number of carbonyl (C=O) groups excluding carboxylic acids is 1. The Hall–Kier alpha value is -1.58. The predicted octanol–water partition coefficient (Wildman–Crippen LogP) is 2.61. The molecule has 1 aliphatic rings. The minimum absolute atomic E-state index is 0.0641. The van der Waals surface area contributed by atoms with Crippen molar-refractivity contribution in [2.45, 2.75) is 20.3 Å². The van der Waals surface area contributed by atoms with Crippen LogP contribution >= 0.6 is 0 Å². The minimum Gasteiger partial charge on any atom is -0.497 e. The third kappa shape index (κ3) is 2.63. The summed E-state index contributed by atoms with van der Waals surface area (Å²) in [4.78, 5) is 11.8. The number of benzene rings is 1. The third-order valence-corrected chi connectivity index (χ3v) is 3.65. The Kier molecular flexibility index (Phi) is 3.28. The molecule has 0 bridgehead atoms. The van der Waals surface area contributed by atoms with E-state index in [-0.39, 0.29) is 11.5 Å². The van der Waals surface area contributed by atoms with Gasteiger partial charge in [-0.25, -0.2) is 4.39 Å². The maximum Gasteiger partial charge on any atom is 0.254 e. The largest absolute Gasteiger partial charge is 0.497 e. The molecule has 3 nitrogen and oxygen atoms in total. The van der Waals surface area contributed by atoms with Gasteiger partial charge in [-0.15, -0.1) is 0 Å². The number of carbonyl (C=O) groups is 1. The van der Waals surface area contributed by atoms with Crippen LogP contribution in [-0.2, 0) is 0 Å². The van der Waals surface area contributed by atoms with Gasteiger partial charge in [-0.05, 0) is 29.9 Å². The van der Waals surface area contributed by atoms with Gasteiger partial charge in [0.15, 0.2) is 0 Å². The lowest BCUT2D eigenvalue weighted by Crippen LogP contribution is -2.27. The molecule has 1 atom stereocenters. The van der Waals surface area contributed by atoms with E-state index in [4.69, 9.17) is 4.74 Å². The van der Waals surface area contributed by atoms with E-state index >= 15 is 0 Å². The monoisotopic (exact) mass is 251 g/mol. The molecule has 1 aromatic rings. The Bertz CT molecular complexity index is 471. The van der Waals surface area contributed by atoms with Gasteiger partial charge in [0.25, 0.3) is 5.91 Å². The Morgan fingerprint density at radius 3 is 2.72 bits per heavy atom. The molecule has 0 heterocycles. The van der Waals surface area contributed by atoms with E-state index in [9.17, 15) is 9.18 Å². The fraction of sp³-hybridized carbons (Fsp3) is 0.500. The number of amides is 1. The number of methoxy groups -OCH3 is 1. The molecule has 1 N–H and O–H groups in total. The highest BCUT2D eigenvalue weighted by atomic mass is 19.1. The van der Waals surface area contributed by atoms with E-state index in [0.29, 0.717) is 23.6 Å². The molecule has 0 radical (unpaired) electrons. The quantitative estimate of drug-likeness (QED) is 0.893. The first-order valence-corrected chi connectivity index (χ1v) is 6.06. The van der Waals surface area contributed by atoms with Crippen molar-refractivity contribution in [2.24, 2.45) is 11.3 Å². The zero-order chi connectivity index (χ0) is 13.3. The summed E-state index contributed by atoms with van der Waals surface area (Å²) >= 11 is 0. The lowest BCUT2D eigenvalue weighted by molar-refractivity contribution is 0.0946. The van der Waals surface area contributed by atoms with Gasteiger partial charge in [0, 0.05) is 12.6 Å². The van der Waals surface area contributed by atoms with Crippen LogP contribution in [0.1, 0.15) is 30.6 Å². The highest BCUT2D eigenvalue weighted by molar-refractivity contribution is 5.94. The summed E-state index contributed by atoms with van der Waals surface area (Å²) in [6.07, 6.45) is 1.11. The molecule has 1 aromatic carbocycles. The number of nitrogens with one attached hydrogen (secondary N) is 1. The fourth-order valence-corrected chi connectivity index (χ4v) is 2.04. The molecule has 1 saturated carbocycles. The smallest absolute Gasteiger partial charge is 0.254 e. The van der Waals surface area contributed by atoms with Gasteiger partial charge >= 0.3 is 0 Å². The van der Waals surface area contributed by atoms with Gasteiger partial charge in [-0.1, -0.05) is 13.8 Å². The number of hydrogen-bond acceptors (Lipinski definition) is 2. The predicted molar refractivity (Wildman–Crippen MR) is 67.2 cm³/mol. The average Bonchev–Trinajstić information content (AvgIpc) is 2.94. The summed E-state index contributed by atoms with van der Waals surface area (Å²) in [6.45, 7) is 4.94. The van der Waals surface area contributed by atoms with Crippen LogP contribution < -0.4 is 10.1 Å². The van der Waals surface area contributed by atoms with Crippen LogP contribution in [0.4, 0.5) is 4.39 Å². The third-order valence-electron chi connectivity index (χ3n) is 3.65. The molecular formula is C14H18FNO2. The lowest BCUT2D eigenvalue weighted by Gasteiger charge is -2.08. The summed E-state index contributed by atoms with van der Waals surface area (Å²) < 4.78 is 18.5. The van der Waals surface area contributed by atoms with E-state index < -0.39 is 5.82 Å². The molecule has 1 fully saturated rings. The normalized spacial score (nSPS) is 20.3. The second kappa shape index (κ2) is 4.59. The van der Waals surface area contributed by atoms with Crippen molar-refractivity contribution in [3.8, 4) is 5.75 Å². The topological polar surface area (TPSA) is 38.3 Å². The molecule has 0 spiro atoms. The van der Waals surface area contributed by atoms with Gasteiger partial charge in [0.1, 0.15) is 11.6 Å². The Morgan fingerprint density at radius 2 is 2.22 bits per heavy atom. The molecule has 0 aliphatic heterocycles. The van der Waals surface area contributed by atoms with Crippen LogP contribution in [0, 0.1) is 17.2 Å². The fourth-order valence-electron chi connectivity index (χ4n) is 2.04. The molecular weight excluding hydrogens is 233 g/mol. The van der Waals surface area contributed by atoms with Crippen molar-refractivity contribution in [1.29, 1.82) is 0 Å². The van der Waals surface area contributed by atoms with Crippen molar-refractivity contribution >= 4 is 5.91 Å². The van der Waals surface area contributed by atoms with Crippen LogP contribution in [0.5, 0.6) is 5.75 Å². The molecule has 4 heteroatoms. The minimum atomic E-state index is -0.554. The first kappa shape index (κ1) is 12.9. The standard InChI is InChI=1S/C14H18FNO2/c1-14(2)7-9(14)8-16-13(17)11-5-4-10(18-3)6-12(11)15/h4-6,9H,7-8H2,1-3H3,(H,16,17). The number of ether oxygens (including phenoxy) is 1. The second-order valence-electron chi connectivity index (χ2n) is 5.45. The number of hydrogen-bond donors (Lipinski definition) is 1. The van der Waals surface area contributed by atoms with Gasteiger partial charge < -0.3 is 10.1 Å². The Labute approximate surface area is 106 Å². The molecule has 1 aliphatic carbocycles. The molecule has 98 valence electrons. The van der Waals surface area contributed by atoms with E-state index in [1.54, 1.807) is 6.07 Å². The Balaban J connectivity index is 1.96. The highest BCUT2D eigenvalue weighted by Crippen LogP contribution is 2.50. The highest BCUT2D eigenvalue weighted by Gasteiger charge is 2.45. The maximum atomic E-state index is 13.6. The molecule has 0 saturated heterocycles. The van der Waals surface area contributed by atoms with E-state index in [1.807, 2.05) is 0 Å². The SMILES string of the molecule is COc1ccc(C(=O)NCC2CC2(C)C)c(F)c1. The summed E-state index contributed by atoms with van der Waals surface area (Å²) in [7, 11) is 1.46. The zero-order valence-corrected chi connectivity index (χ0v) is 10.9. The second-order valence-corrected chi connectivity index (χ2v) is 5.45. The molecule has 2 rings (SSSR count). The molecule has 1 amide bonds. The first-order chi connectivity index (χ1) is 8.44. The van der Waals surface area contributed by atoms with E-state index in [2.05, 4.69) is 19.2 Å².